The summed E-state index contributed by atoms with van der Waals surface area (Å²) in [6, 6.07) is 16.0. The van der Waals surface area contributed by atoms with Crippen LogP contribution < -0.4 is 4.90 Å². The van der Waals surface area contributed by atoms with E-state index in [-0.39, 0.29) is 5.78 Å². The van der Waals surface area contributed by atoms with Gasteiger partial charge in [0.05, 0.1) is 6.54 Å². The van der Waals surface area contributed by atoms with Crippen molar-refractivity contribution in [1.82, 2.24) is 0 Å². The fourth-order valence-corrected chi connectivity index (χ4v) is 2.47. The average Bonchev–Trinajstić information content (AvgIpc) is 2.45. The van der Waals surface area contributed by atoms with E-state index in [2.05, 4.69) is 59.5 Å². The summed E-state index contributed by atoms with van der Waals surface area (Å²) < 4.78 is 1.14. The number of nitrogens with zero attached hydrogens (tertiary/aromatic N) is 1. The summed E-state index contributed by atoms with van der Waals surface area (Å²) in [5, 5.41) is 0. The van der Waals surface area contributed by atoms with Crippen LogP contribution in [-0.4, -0.2) is 18.9 Å². The number of rotatable bonds is 5. The number of hydrogen-bond donors (Lipinski definition) is 0. The van der Waals surface area contributed by atoms with Crippen LogP contribution in [0.1, 0.15) is 22.8 Å². The standard InChI is InChI=1S/C17H18INO/c1-3-19(16-6-4-5-13(2)11-16)12-17(20)14-7-9-15(18)10-8-14/h4-11H,3,12H2,1-2H3. The molecule has 0 saturated heterocycles. The van der Waals surface area contributed by atoms with Gasteiger partial charge in [-0.05, 0) is 66.3 Å². The SMILES string of the molecule is CCN(CC(=O)c1ccc(I)cc1)c1cccc(C)c1. The zero-order chi connectivity index (χ0) is 14.5. The second-order valence-electron chi connectivity index (χ2n) is 4.78. The molecule has 2 aromatic rings. The lowest BCUT2D eigenvalue weighted by atomic mass is 10.1. The number of likely N-dealkylation sites (N-methyl/N-ethyl adjacent to an activating group) is 1. The molecule has 0 aliphatic carbocycles. The lowest BCUT2D eigenvalue weighted by Gasteiger charge is -2.22. The quantitative estimate of drug-likeness (QED) is 0.570. The van der Waals surface area contributed by atoms with Gasteiger partial charge in [-0.15, -0.1) is 0 Å². The first-order chi connectivity index (χ1) is 9.60. The molecule has 0 aliphatic rings. The zero-order valence-electron chi connectivity index (χ0n) is 11.8. The molecule has 2 aromatic carbocycles. The molecule has 0 amide bonds. The Balaban J connectivity index is 2.14. The Morgan fingerprint density at radius 3 is 2.45 bits per heavy atom. The largest absolute Gasteiger partial charge is 0.364 e. The Morgan fingerprint density at radius 1 is 1.15 bits per heavy atom. The van der Waals surface area contributed by atoms with Crippen LogP contribution in [0.2, 0.25) is 0 Å². The van der Waals surface area contributed by atoms with E-state index < -0.39 is 0 Å². The highest BCUT2D eigenvalue weighted by Crippen LogP contribution is 2.16. The van der Waals surface area contributed by atoms with E-state index in [9.17, 15) is 4.79 Å². The Hall–Kier alpha value is -1.36. The van der Waals surface area contributed by atoms with Gasteiger partial charge in [-0.25, -0.2) is 0 Å². The molecule has 0 heterocycles. The number of Topliss-reactive ketones (excluding diaryl/α,β-unsaturated/α-hetero) is 1. The van der Waals surface area contributed by atoms with Crippen molar-refractivity contribution in [2.75, 3.05) is 18.0 Å². The third-order valence-electron chi connectivity index (χ3n) is 3.25. The molecule has 0 fully saturated rings. The number of ketones is 1. The van der Waals surface area contributed by atoms with Crippen molar-refractivity contribution in [2.24, 2.45) is 0 Å². The third-order valence-corrected chi connectivity index (χ3v) is 3.97. The van der Waals surface area contributed by atoms with Gasteiger partial charge in [0.2, 0.25) is 0 Å². The van der Waals surface area contributed by atoms with Gasteiger partial charge in [-0.3, -0.25) is 4.79 Å². The van der Waals surface area contributed by atoms with Gasteiger partial charge in [-0.2, -0.15) is 0 Å². The summed E-state index contributed by atoms with van der Waals surface area (Å²) in [4.78, 5) is 14.4. The molecule has 0 aromatic heterocycles. The van der Waals surface area contributed by atoms with Crippen molar-refractivity contribution < 1.29 is 4.79 Å². The lowest BCUT2D eigenvalue weighted by molar-refractivity contribution is 0.0999. The van der Waals surface area contributed by atoms with E-state index in [0.29, 0.717) is 6.54 Å². The van der Waals surface area contributed by atoms with Gasteiger partial charge in [0.1, 0.15) is 0 Å². The maximum Gasteiger partial charge on any atom is 0.182 e. The van der Waals surface area contributed by atoms with Crippen LogP contribution in [0.15, 0.2) is 48.5 Å². The molecule has 0 saturated carbocycles. The van der Waals surface area contributed by atoms with Gasteiger partial charge in [0.25, 0.3) is 0 Å². The lowest BCUT2D eigenvalue weighted by Crippen LogP contribution is -2.29. The first kappa shape index (κ1) is 15.0. The second kappa shape index (κ2) is 6.88. The van der Waals surface area contributed by atoms with Crippen LogP contribution in [-0.2, 0) is 0 Å². The van der Waals surface area contributed by atoms with Gasteiger partial charge in [0.15, 0.2) is 5.78 Å². The van der Waals surface area contributed by atoms with Crippen LogP contribution in [0.3, 0.4) is 0 Å². The third kappa shape index (κ3) is 3.82. The van der Waals surface area contributed by atoms with Crippen molar-refractivity contribution in [3.8, 4) is 0 Å². The number of carbonyl (C=O) groups is 1. The molecule has 0 bridgehead atoms. The summed E-state index contributed by atoms with van der Waals surface area (Å²) in [6.45, 7) is 5.38. The average molecular weight is 379 g/mol. The fourth-order valence-electron chi connectivity index (χ4n) is 2.11. The molecule has 0 N–H and O–H groups in total. The first-order valence-corrected chi connectivity index (χ1v) is 7.78. The normalized spacial score (nSPS) is 10.3. The highest BCUT2D eigenvalue weighted by atomic mass is 127. The van der Waals surface area contributed by atoms with Crippen molar-refractivity contribution in [2.45, 2.75) is 13.8 Å². The topological polar surface area (TPSA) is 20.3 Å². The predicted octanol–water partition coefficient (Wildman–Crippen LogP) is 4.31. The summed E-state index contributed by atoms with van der Waals surface area (Å²) in [5.74, 6) is 0.157. The smallest absolute Gasteiger partial charge is 0.182 e. The molecule has 3 heteroatoms. The van der Waals surface area contributed by atoms with E-state index in [1.807, 2.05) is 30.3 Å². The minimum atomic E-state index is 0.157. The number of aryl methyl sites for hydroxylation is 1. The summed E-state index contributed by atoms with van der Waals surface area (Å²) in [7, 11) is 0. The van der Waals surface area contributed by atoms with E-state index >= 15 is 0 Å². The Morgan fingerprint density at radius 2 is 1.85 bits per heavy atom. The number of carbonyl (C=O) groups excluding carboxylic acids is 1. The van der Waals surface area contributed by atoms with E-state index in [1.165, 1.54) is 5.56 Å². The number of anilines is 1. The van der Waals surface area contributed by atoms with E-state index in [4.69, 9.17) is 0 Å². The number of halogens is 1. The molecule has 0 atom stereocenters. The molecule has 2 rings (SSSR count). The minimum Gasteiger partial charge on any atom is -0.364 e. The number of benzene rings is 2. The maximum absolute atomic E-state index is 12.3. The molecule has 0 spiro atoms. The predicted molar refractivity (Wildman–Crippen MR) is 92.6 cm³/mol. The highest BCUT2D eigenvalue weighted by molar-refractivity contribution is 14.1. The molecule has 0 aliphatic heterocycles. The maximum atomic E-state index is 12.3. The van der Waals surface area contributed by atoms with Crippen LogP contribution in [0, 0.1) is 10.5 Å². The number of hydrogen-bond acceptors (Lipinski definition) is 2. The van der Waals surface area contributed by atoms with Crippen molar-refractivity contribution >= 4 is 34.1 Å². The zero-order valence-corrected chi connectivity index (χ0v) is 13.9. The molecule has 0 unspecified atom stereocenters. The molecule has 104 valence electrons. The monoisotopic (exact) mass is 379 g/mol. The molecular weight excluding hydrogens is 361 g/mol. The van der Waals surface area contributed by atoms with Gasteiger partial charge in [-0.1, -0.05) is 24.3 Å². The molecule has 2 nitrogen and oxygen atoms in total. The molecule has 20 heavy (non-hydrogen) atoms. The summed E-state index contributed by atoms with van der Waals surface area (Å²) >= 11 is 2.24. The van der Waals surface area contributed by atoms with Crippen molar-refractivity contribution in [3.63, 3.8) is 0 Å². The van der Waals surface area contributed by atoms with Crippen LogP contribution >= 0.6 is 22.6 Å². The first-order valence-electron chi connectivity index (χ1n) is 6.70. The Kier molecular flexibility index (Phi) is 5.17. The van der Waals surface area contributed by atoms with Gasteiger partial charge >= 0.3 is 0 Å². The van der Waals surface area contributed by atoms with Gasteiger partial charge in [0, 0.05) is 21.4 Å². The van der Waals surface area contributed by atoms with E-state index in [0.717, 1.165) is 21.4 Å². The van der Waals surface area contributed by atoms with E-state index in [1.54, 1.807) is 0 Å². The van der Waals surface area contributed by atoms with Crippen LogP contribution in [0.25, 0.3) is 0 Å². The van der Waals surface area contributed by atoms with Crippen LogP contribution in [0.5, 0.6) is 0 Å². The minimum absolute atomic E-state index is 0.157. The van der Waals surface area contributed by atoms with Crippen LogP contribution in [0.4, 0.5) is 5.69 Å². The fraction of sp³-hybridized carbons (Fsp3) is 0.235. The molecule has 0 radical (unpaired) electrons. The Labute approximate surface area is 133 Å². The van der Waals surface area contributed by atoms with Crippen molar-refractivity contribution in [3.05, 3.63) is 63.2 Å². The molecular formula is C17H18INO. The second-order valence-corrected chi connectivity index (χ2v) is 6.03. The Bertz CT molecular complexity index is 592. The highest BCUT2D eigenvalue weighted by Gasteiger charge is 2.12. The van der Waals surface area contributed by atoms with Crippen molar-refractivity contribution in [1.29, 1.82) is 0 Å². The van der Waals surface area contributed by atoms with Gasteiger partial charge < -0.3 is 4.90 Å². The summed E-state index contributed by atoms with van der Waals surface area (Å²) in [5.41, 5.74) is 3.09. The summed E-state index contributed by atoms with van der Waals surface area (Å²) in [6.07, 6.45) is 0.